The van der Waals surface area contributed by atoms with Gasteiger partial charge in [0.15, 0.2) is 0 Å². The average Bonchev–Trinajstić information content (AvgIpc) is 3.05. The highest BCUT2D eigenvalue weighted by molar-refractivity contribution is 9.10. The van der Waals surface area contributed by atoms with Crippen LogP contribution in [0.15, 0.2) is 22.7 Å². The Morgan fingerprint density at radius 3 is 2.83 bits per heavy atom. The molecule has 1 N–H and O–H groups in total. The Balaban J connectivity index is 1.51. The van der Waals surface area contributed by atoms with Gasteiger partial charge in [-0.3, -0.25) is 4.90 Å². The molecule has 0 spiro atoms. The molecule has 3 rings (SSSR count). The molecule has 0 bridgehead atoms. The van der Waals surface area contributed by atoms with E-state index in [1.807, 2.05) is 6.07 Å². The molecule has 1 unspecified atom stereocenters. The van der Waals surface area contributed by atoms with Gasteiger partial charge in [0.1, 0.15) is 5.82 Å². The minimum atomic E-state index is -0.174. The second-order valence-corrected chi connectivity index (χ2v) is 6.29. The summed E-state index contributed by atoms with van der Waals surface area (Å²) in [4.78, 5) is 2.58. The highest BCUT2D eigenvalue weighted by atomic mass is 79.9. The lowest BCUT2D eigenvalue weighted by molar-refractivity contribution is 0.317. The molecular formula is C14H18BrFN2. The zero-order valence-electron chi connectivity index (χ0n) is 10.3. The molecular weight excluding hydrogens is 295 g/mol. The van der Waals surface area contributed by atoms with Gasteiger partial charge < -0.3 is 5.32 Å². The Morgan fingerprint density at radius 2 is 2.11 bits per heavy atom. The minimum Gasteiger partial charge on any atom is -0.309 e. The largest absolute Gasteiger partial charge is 0.309 e. The summed E-state index contributed by atoms with van der Waals surface area (Å²) in [5, 5.41) is 3.54. The van der Waals surface area contributed by atoms with Gasteiger partial charge in [0, 0.05) is 36.2 Å². The fourth-order valence-electron chi connectivity index (χ4n) is 2.70. The van der Waals surface area contributed by atoms with E-state index >= 15 is 0 Å². The van der Waals surface area contributed by atoms with Gasteiger partial charge in [-0.2, -0.15) is 0 Å². The number of hydrogen-bond acceptors (Lipinski definition) is 2. The molecule has 1 saturated heterocycles. The number of rotatable bonds is 4. The number of hydrogen-bond donors (Lipinski definition) is 1. The van der Waals surface area contributed by atoms with Crippen LogP contribution in [0.2, 0.25) is 0 Å². The van der Waals surface area contributed by atoms with Crippen LogP contribution in [0.1, 0.15) is 24.8 Å². The van der Waals surface area contributed by atoms with Crippen molar-refractivity contribution >= 4 is 15.9 Å². The second kappa shape index (κ2) is 5.27. The summed E-state index contributed by atoms with van der Waals surface area (Å²) in [6.07, 6.45) is 3.97. The molecule has 1 aromatic carbocycles. The van der Waals surface area contributed by atoms with Crippen LogP contribution in [0, 0.1) is 5.82 Å². The summed E-state index contributed by atoms with van der Waals surface area (Å²) >= 11 is 3.33. The fourth-order valence-corrected chi connectivity index (χ4v) is 3.21. The van der Waals surface area contributed by atoms with Gasteiger partial charge in [0.25, 0.3) is 0 Å². The lowest BCUT2D eigenvalue weighted by Crippen LogP contribution is -2.32. The average molecular weight is 313 g/mol. The third-order valence-electron chi connectivity index (χ3n) is 3.80. The molecule has 4 heteroatoms. The molecule has 2 nitrogen and oxygen atoms in total. The number of nitrogens with one attached hydrogen (secondary N) is 1. The van der Waals surface area contributed by atoms with Crippen LogP contribution in [-0.4, -0.2) is 30.1 Å². The molecule has 0 amide bonds. The topological polar surface area (TPSA) is 15.3 Å². The summed E-state index contributed by atoms with van der Waals surface area (Å²) in [6, 6.07) is 6.50. The molecule has 1 saturated carbocycles. The molecule has 1 aliphatic heterocycles. The van der Waals surface area contributed by atoms with Crippen molar-refractivity contribution in [3.63, 3.8) is 0 Å². The summed E-state index contributed by atoms with van der Waals surface area (Å²) in [6.45, 7) is 3.12. The Labute approximate surface area is 116 Å². The Morgan fingerprint density at radius 1 is 1.28 bits per heavy atom. The SMILES string of the molecule is Fc1cc(Br)cc(CNC2CCN(C3CC3)C2)c1. The molecule has 2 aliphatic rings. The van der Waals surface area contributed by atoms with Crippen molar-refractivity contribution in [1.29, 1.82) is 0 Å². The molecule has 1 heterocycles. The first-order chi connectivity index (χ1) is 8.70. The Hall–Kier alpha value is -0.450. The molecule has 98 valence electrons. The zero-order chi connectivity index (χ0) is 12.5. The maximum absolute atomic E-state index is 13.2. The van der Waals surface area contributed by atoms with Crippen molar-refractivity contribution in [2.45, 2.75) is 37.9 Å². The molecule has 1 aromatic rings. The minimum absolute atomic E-state index is 0.174. The molecule has 1 aliphatic carbocycles. The predicted octanol–water partition coefficient (Wildman–Crippen LogP) is 2.91. The van der Waals surface area contributed by atoms with Crippen molar-refractivity contribution < 1.29 is 4.39 Å². The summed E-state index contributed by atoms with van der Waals surface area (Å²) in [5.41, 5.74) is 1.01. The second-order valence-electron chi connectivity index (χ2n) is 5.37. The third-order valence-corrected chi connectivity index (χ3v) is 4.26. The van der Waals surface area contributed by atoms with Crippen LogP contribution >= 0.6 is 15.9 Å². The van der Waals surface area contributed by atoms with Gasteiger partial charge >= 0.3 is 0 Å². The van der Waals surface area contributed by atoms with Crippen LogP contribution < -0.4 is 5.32 Å². The lowest BCUT2D eigenvalue weighted by atomic mass is 10.2. The van der Waals surface area contributed by atoms with E-state index in [1.54, 1.807) is 6.07 Å². The van der Waals surface area contributed by atoms with Crippen molar-refractivity contribution in [3.8, 4) is 0 Å². The first-order valence-electron chi connectivity index (χ1n) is 6.63. The van der Waals surface area contributed by atoms with E-state index in [0.29, 0.717) is 6.04 Å². The van der Waals surface area contributed by atoms with Gasteiger partial charge in [-0.15, -0.1) is 0 Å². The Bertz CT molecular complexity index is 414. The maximum Gasteiger partial charge on any atom is 0.124 e. The van der Waals surface area contributed by atoms with Crippen LogP contribution in [-0.2, 0) is 6.54 Å². The first kappa shape index (κ1) is 12.6. The van der Waals surface area contributed by atoms with Gasteiger partial charge in [-0.05, 0) is 43.0 Å². The zero-order valence-corrected chi connectivity index (χ0v) is 11.9. The van der Waals surface area contributed by atoms with E-state index in [-0.39, 0.29) is 5.82 Å². The van der Waals surface area contributed by atoms with Crippen LogP contribution in [0.25, 0.3) is 0 Å². The van der Waals surface area contributed by atoms with Gasteiger partial charge in [-0.25, -0.2) is 4.39 Å². The smallest absolute Gasteiger partial charge is 0.124 e. The molecule has 2 fully saturated rings. The monoisotopic (exact) mass is 312 g/mol. The first-order valence-corrected chi connectivity index (χ1v) is 7.42. The van der Waals surface area contributed by atoms with Gasteiger partial charge in [0.05, 0.1) is 0 Å². The van der Waals surface area contributed by atoms with E-state index in [0.717, 1.165) is 29.2 Å². The van der Waals surface area contributed by atoms with Crippen molar-refractivity contribution in [2.75, 3.05) is 13.1 Å². The van der Waals surface area contributed by atoms with Crippen LogP contribution in [0.4, 0.5) is 4.39 Å². The van der Waals surface area contributed by atoms with E-state index < -0.39 is 0 Å². The number of halogens is 2. The number of likely N-dealkylation sites (tertiary alicyclic amines) is 1. The molecule has 18 heavy (non-hydrogen) atoms. The lowest BCUT2D eigenvalue weighted by Gasteiger charge is -2.16. The van der Waals surface area contributed by atoms with E-state index in [9.17, 15) is 4.39 Å². The summed E-state index contributed by atoms with van der Waals surface area (Å²) < 4.78 is 14.0. The van der Waals surface area contributed by atoms with Crippen LogP contribution in [0.3, 0.4) is 0 Å². The Kier molecular flexibility index (Phi) is 3.68. The number of benzene rings is 1. The quantitative estimate of drug-likeness (QED) is 0.919. The number of nitrogens with zero attached hydrogens (tertiary/aromatic N) is 1. The highest BCUT2D eigenvalue weighted by Crippen LogP contribution is 2.29. The van der Waals surface area contributed by atoms with Gasteiger partial charge in [0.2, 0.25) is 0 Å². The van der Waals surface area contributed by atoms with Crippen molar-refractivity contribution in [3.05, 3.63) is 34.1 Å². The fraction of sp³-hybridized carbons (Fsp3) is 0.571. The van der Waals surface area contributed by atoms with Crippen molar-refractivity contribution in [2.24, 2.45) is 0 Å². The van der Waals surface area contributed by atoms with E-state index in [4.69, 9.17) is 0 Å². The normalized spacial score (nSPS) is 24.7. The maximum atomic E-state index is 13.2. The molecule has 0 aromatic heterocycles. The standard InChI is InChI=1S/C14H18BrFN2/c15-11-5-10(6-12(16)7-11)8-17-13-3-4-18(9-13)14-1-2-14/h5-7,13-14,17H,1-4,8-9H2. The van der Waals surface area contributed by atoms with E-state index in [1.165, 1.54) is 31.9 Å². The third kappa shape index (κ3) is 3.11. The van der Waals surface area contributed by atoms with Crippen LogP contribution in [0.5, 0.6) is 0 Å². The highest BCUT2D eigenvalue weighted by Gasteiger charge is 2.33. The van der Waals surface area contributed by atoms with Gasteiger partial charge in [-0.1, -0.05) is 15.9 Å². The summed E-state index contributed by atoms with van der Waals surface area (Å²) in [7, 11) is 0. The molecule has 0 radical (unpaired) electrons. The molecule has 1 atom stereocenters. The predicted molar refractivity (Wildman–Crippen MR) is 73.9 cm³/mol. The van der Waals surface area contributed by atoms with Crippen molar-refractivity contribution in [1.82, 2.24) is 10.2 Å². The summed E-state index contributed by atoms with van der Waals surface area (Å²) in [5.74, 6) is -0.174. The van der Waals surface area contributed by atoms with E-state index in [2.05, 4.69) is 26.1 Å².